The molecule has 3 aromatic carbocycles. The maximum absolute atomic E-state index is 13.5. The highest BCUT2D eigenvalue weighted by Crippen LogP contribution is 2.32. The van der Waals surface area contributed by atoms with Crippen molar-refractivity contribution in [1.29, 1.82) is 0 Å². The van der Waals surface area contributed by atoms with Gasteiger partial charge in [-0.15, -0.1) is 0 Å². The molecular weight excluding hydrogens is 488 g/mol. The molecule has 0 aromatic heterocycles. The zero-order valence-corrected chi connectivity index (χ0v) is 21.5. The van der Waals surface area contributed by atoms with E-state index in [9.17, 15) is 13.2 Å². The smallest absolute Gasteiger partial charge is 0.264 e. The van der Waals surface area contributed by atoms with Crippen molar-refractivity contribution < 1.29 is 22.7 Å². The number of aryl methyl sites for hydroxylation is 1. The van der Waals surface area contributed by atoms with Gasteiger partial charge in [-0.1, -0.05) is 35.9 Å². The van der Waals surface area contributed by atoms with Crippen molar-refractivity contribution >= 4 is 33.2 Å². The van der Waals surface area contributed by atoms with Gasteiger partial charge < -0.3 is 14.8 Å². The lowest BCUT2D eigenvalue weighted by molar-refractivity contribution is -0.119. The van der Waals surface area contributed by atoms with Crippen molar-refractivity contribution in [2.24, 2.45) is 0 Å². The van der Waals surface area contributed by atoms with Gasteiger partial charge in [0.1, 0.15) is 24.7 Å². The molecule has 0 aliphatic rings. The van der Waals surface area contributed by atoms with Gasteiger partial charge in [0.05, 0.1) is 23.7 Å². The zero-order chi connectivity index (χ0) is 25.4. The van der Waals surface area contributed by atoms with E-state index >= 15 is 0 Å². The number of rotatable bonds is 11. The van der Waals surface area contributed by atoms with Crippen LogP contribution in [0.5, 0.6) is 11.5 Å². The van der Waals surface area contributed by atoms with Crippen LogP contribution in [0.25, 0.3) is 0 Å². The summed E-state index contributed by atoms with van der Waals surface area (Å²) in [5.41, 5.74) is 2.42. The monoisotopic (exact) mass is 516 g/mol. The second-order valence-corrected chi connectivity index (χ2v) is 10.1. The van der Waals surface area contributed by atoms with Crippen LogP contribution in [0, 0.1) is 13.8 Å². The number of hydrogen-bond donors (Lipinski definition) is 1. The van der Waals surface area contributed by atoms with Crippen LogP contribution in [-0.4, -0.2) is 40.6 Å². The molecule has 1 amide bonds. The number of amides is 1. The summed E-state index contributed by atoms with van der Waals surface area (Å²) in [6.45, 7) is 6.14. The topological polar surface area (TPSA) is 84.9 Å². The molecule has 0 saturated heterocycles. The molecule has 1 N–H and O–H groups in total. The van der Waals surface area contributed by atoms with E-state index in [-0.39, 0.29) is 23.7 Å². The molecule has 0 atom stereocenters. The predicted molar refractivity (Wildman–Crippen MR) is 138 cm³/mol. The Balaban J connectivity index is 1.77. The highest BCUT2D eigenvalue weighted by Gasteiger charge is 2.29. The third-order valence-corrected chi connectivity index (χ3v) is 7.39. The fraction of sp³-hybridized carbons (Fsp3) is 0.269. The molecule has 0 aliphatic carbocycles. The molecule has 0 spiro atoms. The first-order valence-electron chi connectivity index (χ1n) is 11.2. The van der Waals surface area contributed by atoms with E-state index in [0.717, 1.165) is 21.2 Å². The van der Waals surface area contributed by atoms with E-state index in [1.807, 2.05) is 32.0 Å². The molecule has 0 heterocycles. The van der Waals surface area contributed by atoms with E-state index in [2.05, 4.69) is 5.32 Å². The summed E-state index contributed by atoms with van der Waals surface area (Å²) in [5, 5.41) is 3.15. The lowest BCUT2D eigenvalue weighted by Gasteiger charge is -2.26. The van der Waals surface area contributed by atoms with Gasteiger partial charge in [0.15, 0.2) is 0 Å². The first-order valence-corrected chi connectivity index (χ1v) is 13.0. The van der Waals surface area contributed by atoms with Crippen LogP contribution in [0.4, 0.5) is 5.69 Å². The van der Waals surface area contributed by atoms with Gasteiger partial charge in [-0.05, 0) is 74.4 Å². The molecule has 0 unspecified atom stereocenters. The number of carbonyl (C=O) groups is 1. The van der Waals surface area contributed by atoms with Gasteiger partial charge in [-0.3, -0.25) is 9.10 Å². The minimum Gasteiger partial charge on any atom is -0.492 e. The Hall–Kier alpha value is -3.23. The standard InChI is InChI=1S/C26H29ClN2O5S/c1-4-33-25-10-6-5-9-23(25)29(35(31,32)22-14-12-21(27)13-15-22)18-26(30)28-16-17-34-24-11-7-8-19(2)20(24)3/h5-15H,4,16-18H2,1-3H3,(H,28,30). The lowest BCUT2D eigenvalue weighted by Crippen LogP contribution is -2.42. The summed E-state index contributed by atoms with van der Waals surface area (Å²) >= 11 is 5.94. The number of nitrogens with zero attached hydrogens (tertiary/aromatic N) is 1. The molecule has 0 fully saturated rings. The number of nitrogens with one attached hydrogen (secondary N) is 1. The number of benzene rings is 3. The molecule has 186 valence electrons. The average molecular weight is 517 g/mol. The van der Waals surface area contributed by atoms with Crippen LogP contribution in [0.1, 0.15) is 18.1 Å². The maximum Gasteiger partial charge on any atom is 0.264 e. The van der Waals surface area contributed by atoms with Crippen molar-refractivity contribution in [3.8, 4) is 11.5 Å². The van der Waals surface area contributed by atoms with Crippen LogP contribution in [0.15, 0.2) is 71.6 Å². The molecule has 7 nitrogen and oxygen atoms in total. The van der Waals surface area contributed by atoms with Gasteiger partial charge in [-0.2, -0.15) is 0 Å². The third-order valence-electron chi connectivity index (χ3n) is 5.36. The first kappa shape index (κ1) is 26.4. The molecule has 3 aromatic rings. The maximum atomic E-state index is 13.5. The lowest BCUT2D eigenvalue weighted by atomic mass is 10.1. The number of halogens is 1. The normalized spacial score (nSPS) is 11.1. The fourth-order valence-electron chi connectivity index (χ4n) is 3.39. The largest absolute Gasteiger partial charge is 0.492 e. The quantitative estimate of drug-likeness (QED) is 0.372. The SMILES string of the molecule is CCOc1ccccc1N(CC(=O)NCCOc1cccc(C)c1C)S(=O)(=O)c1ccc(Cl)cc1. The Kier molecular flexibility index (Phi) is 9.01. The second kappa shape index (κ2) is 12.0. The third kappa shape index (κ3) is 6.68. The number of ether oxygens (including phenoxy) is 2. The van der Waals surface area contributed by atoms with Crippen LogP contribution in [0.3, 0.4) is 0 Å². The molecular formula is C26H29ClN2O5S. The summed E-state index contributed by atoms with van der Waals surface area (Å²) < 4.78 is 39.5. The summed E-state index contributed by atoms with van der Waals surface area (Å²) in [6, 6.07) is 18.3. The molecule has 3 rings (SSSR count). The molecule has 0 aliphatic heterocycles. The number of anilines is 1. The second-order valence-electron chi connectivity index (χ2n) is 7.76. The number of carbonyl (C=O) groups excluding carboxylic acids is 1. The van der Waals surface area contributed by atoms with E-state index < -0.39 is 22.5 Å². The summed E-state index contributed by atoms with van der Waals surface area (Å²) in [6.07, 6.45) is 0. The van der Waals surface area contributed by atoms with Crippen molar-refractivity contribution in [3.63, 3.8) is 0 Å². The molecule has 0 saturated carbocycles. The van der Waals surface area contributed by atoms with Crippen LogP contribution in [0.2, 0.25) is 5.02 Å². The minimum absolute atomic E-state index is 0.0132. The molecule has 35 heavy (non-hydrogen) atoms. The average Bonchev–Trinajstić information content (AvgIpc) is 2.84. The van der Waals surface area contributed by atoms with Crippen molar-refractivity contribution in [2.75, 3.05) is 30.6 Å². The molecule has 0 bridgehead atoms. The Morgan fingerprint density at radius 1 is 0.943 bits per heavy atom. The van der Waals surface area contributed by atoms with Crippen molar-refractivity contribution in [3.05, 3.63) is 82.9 Å². The van der Waals surface area contributed by atoms with Gasteiger partial charge >= 0.3 is 0 Å². The first-order chi connectivity index (χ1) is 16.7. The van der Waals surface area contributed by atoms with Crippen molar-refractivity contribution in [2.45, 2.75) is 25.7 Å². The minimum atomic E-state index is -4.09. The summed E-state index contributed by atoms with van der Waals surface area (Å²) in [4.78, 5) is 12.8. The van der Waals surface area contributed by atoms with E-state index in [4.69, 9.17) is 21.1 Å². The van der Waals surface area contributed by atoms with Gasteiger partial charge in [0, 0.05) is 5.02 Å². The Bertz CT molecular complexity index is 1260. The van der Waals surface area contributed by atoms with E-state index in [1.165, 1.54) is 24.3 Å². The molecule has 0 radical (unpaired) electrons. The van der Waals surface area contributed by atoms with E-state index in [1.54, 1.807) is 31.2 Å². The Labute approximate surface area is 211 Å². The van der Waals surface area contributed by atoms with Gasteiger partial charge in [-0.25, -0.2) is 8.42 Å². The fourth-order valence-corrected chi connectivity index (χ4v) is 4.95. The molecule has 9 heteroatoms. The van der Waals surface area contributed by atoms with Gasteiger partial charge in [0.25, 0.3) is 10.0 Å². The summed E-state index contributed by atoms with van der Waals surface area (Å²) in [5.74, 6) is 0.633. The summed E-state index contributed by atoms with van der Waals surface area (Å²) in [7, 11) is -4.09. The number of para-hydroxylation sites is 2. The van der Waals surface area contributed by atoms with Gasteiger partial charge in [0.2, 0.25) is 5.91 Å². The highest BCUT2D eigenvalue weighted by atomic mass is 35.5. The zero-order valence-electron chi connectivity index (χ0n) is 20.0. The van der Waals surface area contributed by atoms with Crippen LogP contribution in [-0.2, 0) is 14.8 Å². The predicted octanol–water partition coefficient (Wildman–Crippen LogP) is 4.75. The number of hydrogen-bond acceptors (Lipinski definition) is 5. The Morgan fingerprint density at radius 2 is 1.63 bits per heavy atom. The van der Waals surface area contributed by atoms with Crippen LogP contribution >= 0.6 is 11.6 Å². The van der Waals surface area contributed by atoms with Crippen LogP contribution < -0.4 is 19.1 Å². The van der Waals surface area contributed by atoms with E-state index in [0.29, 0.717) is 17.4 Å². The number of sulfonamides is 1. The Morgan fingerprint density at radius 3 is 2.34 bits per heavy atom. The van der Waals surface area contributed by atoms with Crippen molar-refractivity contribution in [1.82, 2.24) is 5.32 Å². The highest BCUT2D eigenvalue weighted by molar-refractivity contribution is 7.92.